The number of halogens is 15. The molecule has 4 unspecified atom stereocenters. The molecule has 0 saturated carbocycles. The Bertz CT molecular complexity index is 6200. The van der Waals surface area contributed by atoms with Gasteiger partial charge in [0.05, 0.1) is 73.0 Å². The van der Waals surface area contributed by atoms with Crippen molar-refractivity contribution >= 4 is 57.3 Å². The first-order valence-electron chi connectivity index (χ1n) is 36.7. The molecule has 125 heavy (non-hydrogen) atoms. The van der Waals surface area contributed by atoms with Gasteiger partial charge >= 0.3 is 24.7 Å². The lowest BCUT2D eigenvalue weighted by Crippen LogP contribution is -2.50. The summed E-state index contributed by atoms with van der Waals surface area (Å²) in [6, 6.07) is 46.3. The van der Waals surface area contributed by atoms with Crippen molar-refractivity contribution in [1.29, 1.82) is 0 Å². The molecule has 9 aromatic carbocycles. The molecule has 4 aromatic heterocycles. The number of nitrogens with zero attached hydrogens (tertiary/aromatic N) is 12. The van der Waals surface area contributed by atoms with Crippen LogP contribution in [0.1, 0.15) is 94.1 Å². The van der Waals surface area contributed by atoms with Crippen LogP contribution in [0.4, 0.5) is 88.6 Å². The lowest BCUT2D eigenvalue weighted by atomic mass is 9.95. The number of aromatic nitrogens is 8. The molecule has 4 amide bonds. The fraction of sp³-hybridized carbons (Fsp3) is 0.244. The van der Waals surface area contributed by atoms with Gasteiger partial charge in [-0.15, -0.1) is 0 Å². The number of fused-ring (bicyclic) bond motifs is 5. The number of alkyl halides is 12. The Morgan fingerprint density at radius 1 is 0.336 bits per heavy atom. The zero-order valence-electron chi connectivity index (χ0n) is 63.9. The lowest BCUT2D eigenvalue weighted by Gasteiger charge is -2.25. The molecule has 4 N–H and O–H groups in total. The van der Waals surface area contributed by atoms with E-state index in [-0.39, 0.29) is 81.7 Å². The number of hydrogen-bond donors (Lipinski definition) is 4. The van der Waals surface area contributed by atoms with Gasteiger partial charge in [-0.3, -0.25) is 37.9 Å². The van der Waals surface area contributed by atoms with Gasteiger partial charge in [0.2, 0.25) is 0 Å². The van der Waals surface area contributed by atoms with Crippen LogP contribution in [0, 0.1) is 17.5 Å². The Morgan fingerprint density at radius 3 is 0.936 bits per heavy atom. The van der Waals surface area contributed by atoms with E-state index >= 15 is 0 Å². The summed E-state index contributed by atoms with van der Waals surface area (Å²) in [4.78, 5) is 53.7. The van der Waals surface area contributed by atoms with Gasteiger partial charge in [-0.1, -0.05) is 169 Å². The molecule has 4 aliphatic heterocycles. The van der Waals surface area contributed by atoms with E-state index < -0.39 is 130 Å². The maximum atomic E-state index is 15.0. The predicted molar refractivity (Wildman–Crippen MR) is 439 cm³/mol. The maximum Gasteiger partial charge on any atom is 0.430 e. The van der Waals surface area contributed by atoms with Gasteiger partial charge in [-0.05, 0) is 102 Å². The first-order valence-corrected chi connectivity index (χ1v) is 36.7. The van der Waals surface area contributed by atoms with E-state index in [2.05, 4.69) is 20.4 Å². The molecule has 20 nitrogen and oxygen atoms in total. The standard InChI is InChI=1S/C24H17F4N3O2.C22H19F4N3O2.C20H15F4N3O2.C20H16F3N3O2.4CH4/c1-30-12-17-10-14(8-9-20(17)29-30)15-6-7-16(19(25)11-15)13-31-21-5-3-2-4-18(21)23(33,22(31)32)24(26,27)28;1-13(2)29-12-16(10-27-29)14-7-8-15(18(23)9-14)11-28-19-6-4-3-5-17(19)21(31,20(28)30)22(24,25)26;1-26-10-14(9-25-26)12-6-7-13(16(21)8-12)11-27-17-5-3-2-4-15(17)19(29,18(27)28)20(22,23)24;1-25-12-15(10-24-25)14-8-6-13(7-9-14)11-26-17-5-3-2-4-16(17)19(28,18(26)27)20(21,22)23;;;;/h2-12,33H,13H2,1H3;3-10,12-13,31H,11H2,1-2H3;2-10,29H,11H2,1H3;2-10,12,28H,11H2,1H3;4*1H4. The summed E-state index contributed by atoms with van der Waals surface area (Å²) in [5.74, 6) is -8.09. The van der Waals surface area contributed by atoms with Crippen LogP contribution in [0.25, 0.3) is 55.4 Å². The smallest absolute Gasteiger partial charge is 0.368 e. The minimum absolute atomic E-state index is 0. The molecule has 0 bridgehead atoms. The highest BCUT2D eigenvalue weighted by molar-refractivity contribution is 6.10. The number of hydrogen-bond acceptors (Lipinski definition) is 12. The van der Waals surface area contributed by atoms with Crippen molar-refractivity contribution in [2.45, 2.75) is 123 Å². The summed E-state index contributed by atoms with van der Waals surface area (Å²) in [7, 11) is 5.31. The van der Waals surface area contributed by atoms with Gasteiger partial charge < -0.3 is 40.0 Å². The molecule has 0 saturated heterocycles. The molecule has 656 valence electrons. The van der Waals surface area contributed by atoms with Gasteiger partial charge in [0, 0.05) is 113 Å². The van der Waals surface area contributed by atoms with Gasteiger partial charge in [-0.25, -0.2) is 13.2 Å². The first kappa shape index (κ1) is 94.0. The molecule has 0 fully saturated rings. The summed E-state index contributed by atoms with van der Waals surface area (Å²) < 4.78 is 214. The third-order valence-corrected chi connectivity index (χ3v) is 21.1. The summed E-state index contributed by atoms with van der Waals surface area (Å²) >= 11 is 0. The number of rotatable bonds is 13. The van der Waals surface area contributed by atoms with Gasteiger partial charge in [0.15, 0.2) is 0 Å². The largest absolute Gasteiger partial charge is 0.430 e. The van der Waals surface area contributed by atoms with Crippen LogP contribution in [-0.4, -0.2) is 108 Å². The van der Waals surface area contributed by atoms with E-state index in [4.69, 9.17) is 0 Å². The second-order valence-electron chi connectivity index (χ2n) is 29.3. The fourth-order valence-corrected chi connectivity index (χ4v) is 14.8. The minimum Gasteiger partial charge on any atom is -0.368 e. The Balaban J connectivity index is 0.000000173. The zero-order valence-corrected chi connectivity index (χ0v) is 63.9. The second-order valence-corrected chi connectivity index (χ2v) is 29.3. The number of carbonyl (C=O) groups is 4. The molecule has 17 rings (SSSR count). The van der Waals surface area contributed by atoms with E-state index in [1.54, 1.807) is 107 Å². The minimum atomic E-state index is -5.22. The van der Waals surface area contributed by atoms with E-state index in [0.29, 0.717) is 33.4 Å². The van der Waals surface area contributed by atoms with Crippen molar-refractivity contribution in [2.24, 2.45) is 21.1 Å². The fourth-order valence-electron chi connectivity index (χ4n) is 14.8. The molecule has 0 spiro atoms. The first-order chi connectivity index (χ1) is 57.0. The molecule has 8 heterocycles. The van der Waals surface area contributed by atoms with E-state index in [9.17, 15) is 105 Å². The monoisotopic (exact) mass is 1740 g/mol. The van der Waals surface area contributed by atoms with Crippen LogP contribution in [0.15, 0.2) is 238 Å². The molecule has 4 atom stereocenters. The third kappa shape index (κ3) is 16.7. The summed E-state index contributed by atoms with van der Waals surface area (Å²) in [5.41, 5.74) is -9.83. The van der Waals surface area contributed by atoms with Crippen LogP contribution in [0.2, 0.25) is 0 Å². The Labute approximate surface area is 706 Å². The summed E-state index contributed by atoms with van der Waals surface area (Å²) in [6.45, 7) is 2.46. The quantitative estimate of drug-likeness (QED) is 0.0790. The average Bonchev–Trinajstić information content (AvgIpc) is 1.58. The lowest BCUT2D eigenvalue weighted by molar-refractivity contribution is -0.253. The van der Waals surface area contributed by atoms with E-state index in [1.165, 1.54) is 109 Å². The number of para-hydroxylation sites is 4. The number of anilines is 4. The molecule has 4 aliphatic rings. The molecular formula is C90H83F15N12O8. The molecule has 0 radical (unpaired) electrons. The summed E-state index contributed by atoms with van der Waals surface area (Å²) in [5, 5.41) is 58.6. The molecule has 0 aliphatic carbocycles. The van der Waals surface area contributed by atoms with E-state index in [1.807, 2.05) is 50.5 Å². The number of benzene rings is 9. The third-order valence-electron chi connectivity index (χ3n) is 21.1. The van der Waals surface area contributed by atoms with Crippen molar-refractivity contribution in [1.82, 2.24) is 39.1 Å². The van der Waals surface area contributed by atoms with Crippen molar-refractivity contribution in [3.8, 4) is 44.5 Å². The van der Waals surface area contributed by atoms with Crippen LogP contribution < -0.4 is 19.6 Å². The second kappa shape index (κ2) is 34.8. The highest BCUT2D eigenvalue weighted by Gasteiger charge is 2.70. The highest BCUT2D eigenvalue weighted by Crippen LogP contribution is 2.55. The van der Waals surface area contributed by atoms with Crippen molar-refractivity contribution in [3.63, 3.8) is 0 Å². The average molecular weight is 1750 g/mol. The molecule has 35 heteroatoms. The van der Waals surface area contributed by atoms with Crippen LogP contribution in [-0.2, 0) is 88.9 Å². The predicted octanol–water partition coefficient (Wildman–Crippen LogP) is 18.7. The Hall–Kier alpha value is -13.3. The van der Waals surface area contributed by atoms with Crippen molar-refractivity contribution in [2.75, 3.05) is 19.6 Å². The van der Waals surface area contributed by atoms with Crippen LogP contribution in [0.5, 0.6) is 0 Å². The zero-order chi connectivity index (χ0) is 87.2. The topological polar surface area (TPSA) is 233 Å². The maximum absolute atomic E-state index is 15.0. The van der Waals surface area contributed by atoms with Gasteiger partial charge in [0.25, 0.3) is 46.0 Å². The highest BCUT2D eigenvalue weighted by atomic mass is 19.4. The molecule has 13 aromatic rings. The SMILES string of the molecule is C.C.C.C.CC(C)n1cc(-c2ccc(CN3C(=O)C(O)(C(F)(F)F)c4ccccc43)c(F)c2)cn1.Cn1cc(-c2ccc(CN3C(=O)C(O)(C(F)(F)F)c4ccccc43)c(F)c2)cn1.Cn1cc(-c2ccc(CN3C(=O)C(O)(C(F)(F)F)c4ccccc43)cc2)cn1.Cn1cc2cc(-c3ccc(CN4C(=O)C(O)(C(F)(F)F)c5ccccc54)c(F)c3)ccc2n1. The van der Waals surface area contributed by atoms with Gasteiger partial charge in [-0.2, -0.15) is 73.1 Å². The molecular weight excluding hydrogens is 1660 g/mol. The normalized spacial score (nSPS) is 18.2. The Kier molecular flexibility index (Phi) is 26.2. The number of carbonyl (C=O) groups excluding carboxylic acids is 4. The van der Waals surface area contributed by atoms with Crippen LogP contribution >= 0.6 is 0 Å². The Morgan fingerprint density at radius 2 is 0.624 bits per heavy atom. The summed E-state index contributed by atoms with van der Waals surface area (Å²) in [6.07, 6.45) is -8.76. The van der Waals surface area contributed by atoms with Gasteiger partial charge in [0.1, 0.15) is 17.5 Å². The van der Waals surface area contributed by atoms with E-state index in [0.717, 1.165) is 71.5 Å². The number of aryl methyl sites for hydroxylation is 3. The van der Waals surface area contributed by atoms with Crippen LogP contribution in [0.3, 0.4) is 0 Å². The van der Waals surface area contributed by atoms with Crippen molar-refractivity contribution in [3.05, 3.63) is 299 Å². The number of amides is 4. The number of aliphatic hydroxyl groups is 4. The van der Waals surface area contributed by atoms with Crippen molar-refractivity contribution < 1.29 is 105 Å².